The molecule has 0 aliphatic heterocycles. The first-order chi connectivity index (χ1) is 14.7. The number of anilines is 3. The molecule has 0 spiro atoms. The van der Waals surface area contributed by atoms with Crippen LogP contribution in [0.3, 0.4) is 0 Å². The van der Waals surface area contributed by atoms with Crippen molar-refractivity contribution in [3.8, 4) is 0 Å². The van der Waals surface area contributed by atoms with Gasteiger partial charge in [0.1, 0.15) is 0 Å². The van der Waals surface area contributed by atoms with Crippen molar-refractivity contribution in [1.29, 1.82) is 0 Å². The van der Waals surface area contributed by atoms with Gasteiger partial charge in [-0.2, -0.15) is 0 Å². The summed E-state index contributed by atoms with van der Waals surface area (Å²) in [4.78, 5) is 2.38. The van der Waals surface area contributed by atoms with Gasteiger partial charge in [0.2, 0.25) is 0 Å². The minimum Gasteiger partial charge on any atom is -0.311 e. The number of hydrogen-bond donors (Lipinski definition) is 0. The third-order valence-corrected chi connectivity index (χ3v) is 6.85. The van der Waals surface area contributed by atoms with Crippen molar-refractivity contribution < 1.29 is 0 Å². The maximum atomic E-state index is 2.38. The van der Waals surface area contributed by atoms with E-state index in [0.29, 0.717) is 5.92 Å². The number of nitrogens with zero attached hydrogens (tertiary/aromatic N) is 1. The van der Waals surface area contributed by atoms with Crippen LogP contribution in [0.15, 0.2) is 72.8 Å². The Bertz CT molecular complexity index is 916. The second-order valence-corrected chi connectivity index (χ2v) is 9.00. The van der Waals surface area contributed by atoms with Gasteiger partial charge < -0.3 is 4.90 Å². The van der Waals surface area contributed by atoms with Crippen LogP contribution in [0.4, 0.5) is 17.1 Å². The molecule has 1 saturated carbocycles. The first-order valence-electron chi connectivity index (χ1n) is 11.7. The Morgan fingerprint density at radius 3 is 1.77 bits per heavy atom. The van der Waals surface area contributed by atoms with E-state index in [4.69, 9.17) is 0 Å². The Kier molecular flexibility index (Phi) is 6.57. The fourth-order valence-electron chi connectivity index (χ4n) is 4.66. The first-order valence-corrected chi connectivity index (χ1v) is 11.7. The van der Waals surface area contributed by atoms with Crippen LogP contribution in [-0.4, -0.2) is 0 Å². The summed E-state index contributed by atoms with van der Waals surface area (Å²) in [6, 6.07) is 27.3. The number of benzene rings is 3. The summed E-state index contributed by atoms with van der Waals surface area (Å²) in [6.07, 6.45) is 8.02. The summed E-state index contributed by atoms with van der Waals surface area (Å²) < 4.78 is 0. The molecule has 1 aliphatic carbocycles. The van der Waals surface area contributed by atoms with Crippen molar-refractivity contribution in [3.05, 3.63) is 89.5 Å². The summed E-state index contributed by atoms with van der Waals surface area (Å²) in [5, 5.41) is 0. The predicted octanol–water partition coefficient (Wildman–Crippen LogP) is 9.03. The predicted molar refractivity (Wildman–Crippen MR) is 130 cm³/mol. The average Bonchev–Trinajstić information content (AvgIpc) is 2.81. The summed E-state index contributed by atoms with van der Waals surface area (Å²) >= 11 is 0. The van der Waals surface area contributed by atoms with E-state index >= 15 is 0 Å². The molecule has 0 aromatic heterocycles. The molecular formula is C29H35N. The van der Waals surface area contributed by atoms with Crippen molar-refractivity contribution >= 4 is 17.1 Å². The molecule has 30 heavy (non-hydrogen) atoms. The van der Waals surface area contributed by atoms with Gasteiger partial charge >= 0.3 is 0 Å². The van der Waals surface area contributed by atoms with Gasteiger partial charge in [0.15, 0.2) is 0 Å². The van der Waals surface area contributed by atoms with Crippen LogP contribution in [0.25, 0.3) is 0 Å². The average molecular weight is 398 g/mol. The zero-order valence-electron chi connectivity index (χ0n) is 18.8. The zero-order valence-corrected chi connectivity index (χ0v) is 18.8. The number of hydrogen-bond acceptors (Lipinski definition) is 1. The summed E-state index contributed by atoms with van der Waals surface area (Å²) in [7, 11) is 0. The highest BCUT2D eigenvalue weighted by molar-refractivity contribution is 5.76. The molecule has 3 aromatic rings. The third-order valence-electron chi connectivity index (χ3n) is 6.85. The molecule has 0 amide bonds. The molecule has 156 valence electrons. The largest absolute Gasteiger partial charge is 0.311 e. The maximum absolute atomic E-state index is 2.38. The molecule has 3 aromatic carbocycles. The lowest BCUT2D eigenvalue weighted by Crippen LogP contribution is -2.11. The molecule has 0 radical (unpaired) electrons. The highest BCUT2D eigenvalue weighted by atomic mass is 15.1. The molecule has 4 rings (SSSR count). The van der Waals surface area contributed by atoms with E-state index in [9.17, 15) is 0 Å². The van der Waals surface area contributed by atoms with E-state index in [0.717, 1.165) is 5.92 Å². The van der Waals surface area contributed by atoms with Crippen LogP contribution < -0.4 is 4.90 Å². The van der Waals surface area contributed by atoms with Crippen LogP contribution in [0.5, 0.6) is 0 Å². The van der Waals surface area contributed by atoms with Crippen LogP contribution >= 0.6 is 0 Å². The van der Waals surface area contributed by atoms with E-state index in [1.165, 1.54) is 72.3 Å². The quantitative estimate of drug-likeness (QED) is 0.401. The van der Waals surface area contributed by atoms with Crippen LogP contribution in [0.2, 0.25) is 0 Å². The standard InChI is InChI=1S/C29H35N/c1-4-23(3)24-12-18-28(19-13-24)30(27-16-10-22(2)11-17-27)29-20-14-26(15-21-29)25-8-6-5-7-9-25/h10-21,23,25H,4-9H2,1-3H3. The topological polar surface area (TPSA) is 3.24 Å². The lowest BCUT2D eigenvalue weighted by atomic mass is 9.84. The monoisotopic (exact) mass is 397 g/mol. The highest BCUT2D eigenvalue weighted by Gasteiger charge is 2.17. The van der Waals surface area contributed by atoms with Crippen molar-refractivity contribution in [2.24, 2.45) is 0 Å². The van der Waals surface area contributed by atoms with Gasteiger partial charge in [0.05, 0.1) is 0 Å². The van der Waals surface area contributed by atoms with Gasteiger partial charge in [-0.05, 0) is 85.5 Å². The second-order valence-electron chi connectivity index (χ2n) is 9.00. The SMILES string of the molecule is CCC(C)c1ccc(N(c2ccc(C)cc2)c2ccc(C3CCCCC3)cc2)cc1. The van der Waals surface area contributed by atoms with Gasteiger partial charge in [-0.15, -0.1) is 0 Å². The van der Waals surface area contributed by atoms with E-state index in [1.807, 2.05) is 0 Å². The molecule has 1 aliphatic rings. The Hall–Kier alpha value is -2.54. The number of rotatable bonds is 6. The normalized spacial score (nSPS) is 15.7. The Balaban J connectivity index is 1.67. The summed E-state index contributed by atoms with van der Waals surface area (Å²) in [5.74, 6) is 1.34. The lowest BCUT2D eigenvalue weighted by molar-refractivity contribution is 0.443. The maximum Gasteiger partial charge on any atom is 0.0461 e. The van der Waals surface area contributed by atoms with Gasteiger partial charge in [-0.3, -0.25) is 0 Å². The minimum atomic E-state index is 0.599. The molecule has 0 heterocycles. The van der Waals surface area contributed by atoms with E-state index in [-0.39, 0.29) is 0 Å². The molecule has 0 bridgehead atoms. The van der Waals surface area contributed by atoms with E-state index in [2.05, 4.69) is 98.5 Å². The Morgan fingerprint density at radius 1 is 0.733 bits per heavy atom. The second kappa shape index (κ2) is 9.51. The lowest BCUT2D eigenvalue weighted by Gasteiger charge is -2.27. The molecule has 0 N–H and O–H groups in total. The van der Waals surface area contributed by atoms with Crippen molar-refractivity contribution in [3.63, 3.8) is 0 Å². The molecule has 1 heteroatoms. The van der Waals surface area contributed by atoms with Gasteiger partial charge in [0.25, 0.3) is 0 Å². The fourth-order valence-corrected chi connectivity index (χ4v) is 4.66. The van der Waals surface area contributed by atoms with Crippen molar-refractivity contribution in [2.75, 3.05) is 4.90 Å². The molecule has 1 atom stereocenters. The van der Waals surface area contributed by atoms with E-state index in [1.54, 1.807) is 0 Å². The molecule has 0 saturated heterocycles. The molecule has 1 unspecified atom stereocenters. The Labute approximate surface area is 182 Å². The van der Waals surface area contributed by atoms with Crippen molar-refractivity contribution in [1.82, 2.24) is 0 Å². The summed E-state index contributed by atoms with van der Waals surface area (Å²) in [6.45, 7) is 6.70. The van der Waals surface area contributed by atoms with Gasteiger partial charge in [-0.1, -0.05) is 75.1 Å². The number of aryl methyl sites for hydroxylation is 1. The van der Waals surface area contributed by atoms with Crippen LogP contribution in [-0.2, 0) is 0 Å². The first kappa shape index (κ1) is 20.7. The van der Waals surface area contributed by atoms with E-state index < -0.39 is 0 Å². The minimum absolute atomic E-state index is 0.599. The van der Waals surface area contributed by atoms with Gasteiger partial charge in [-0.25, -0.2) is 0 Å². The van der Waals surface area contributed by atoms with Crippen LogP contribution in [0.1, 0.15) is 80.9 Å². The van der Waals surface area contributed by atoms with Crippen molar-refractivity contribution in [2.45, 2.75) is 71.1 Å². The molecular weight excluding hydrogens is 362 g/mol. The highest BCUT2D eigenvalue weighted by Crippen LogP contribution is 2.38. The fraction of sp³-hybridized carbons (Fsp3) is 0.379. The van der Waals surface area contributed by atoms with Gasteiger partial charge in [0, 0.05) is 17.1 Å². The third kappa shape index (κ3) is 4.61. The van der Waals surface area contributed by atoms with Crippen LogP contribution in [0, 0.1) is 6.92 Å². The Morgan fingerprint density at radius 2 is 1.23 bits per heavy atom. The zero-order chi connectivity index (χ0) is 20.9. The molecule has 1 fully saturated rings. The molecule has 1 nitrogen and oxygen atoms in total. The summed E-state index contributed by atoms with van der Waals surface area (Å²) in [5.41, 5.74) is 7.87. The smallest absolute Gasteiger partial charge is 0.0461 e.